The Morgan fingerprint density at radius 1 is 1.12 bits per heavy atom. The molecule has 1 heterocycles. The maximum atomic E-state index is 14.5. The van der Waals surface area contributed by atoms with Gasteiger partial charge in [0.05, 0.1) is 11.5 Å². The van der Waals surface area contributed by atoms with Crippen molar-refractivity contribution in [2.24, 2.45) is 11.8 Å². The maximum Gasteiger partial charge on any atom is 0.417 e. The number of carboxylic acid groups (broad SMARTS) is 1. The number of rotatable bonds is 5. The van der Waals surface area contributed by atoms with E-state index < -0.39 is 53.2 Å². The van der Waals surface area contributed by atoms with Gasteiger partial charge in [0.2, 0.25) is 5.88 Å². The lowest BCUT2D eigenvalue weighted by atomic mass is 9.96. The van der Waals surface area contributed by atoms with Gasteiger partial charge in [-0.3, -0.25) is 4.79 Å². The van der Waals surface area contributed by atoms with Gasteiger partial charge in [0.1, 0.15) is 12.4 Å². The molecule has 0 aliphatic heterocycles. The number of hydrogen-bond donors (Lipinski definition) is 2. The predicted octanol–water partition coefficient (Wildman–Crippen LogP) is 5.30. The molecule has 0 saturated heterocycles. The lowest BCUT2D eigenvalue weighted by Crippen LogP contribution is -2.10. The normalized spacial score (nSPS) is 20.6. The zero-order valence-electron chi connectivity index (χ0n) is 17.2. The highest BCUT2D eigenvalue weighted by molar-refractivity contribution is 5.77. The van der Waals surface area contributed by atoms with Gasteiger partial charge in [-0.2, -0.15) is 13.2 Å². The van der Waals surface area contributed by atoms with Gasteiger partial charge in [0, 0.05) is 23.7 Å². The molecule has 10 heteroatoms. The quantitative estimate of drug-likeness (QED) is 0.488. The molecule has 5 nitrogen and oxygen atoms in total. The summed E-state index contributed by atoms with van der Waals surface area (Å²) in [6.45, 7) is -0.437. The van der Waals surface area contributed by atoms with Crippen molar-refractivity contribution in [3.63, 3.8) is 0 Å². The van der Waals surface area contributed by atoms with Crippen LogP contribution < -0.4 is 4.74 Å². The number of carboxylic acids is 1. The molecule has 2 N–H and O–H groups in total. The molecule has 3 unspecified atom stereocenters. The van der Waals surface area contributed by atoms with E-state index in [1.807, 2.05) is 0 Å². The summed E-state index contributed by atoms with van der Waals surface area (Å²) in [6, 6.07) is 5.64. The lowest BCUT2D eigenvalue weighted by molar-refractivity contribution is -0.139. The third kappa shape index (κ3) is 3.72. The maximum absolute atomic E-state index is 14.5. The topological polar surface area (TPSA) is 79.7 Å². The molecule has 0 radical (unpaired) electrons. The molecule has 0 bridgehead atoms. The van der Waals surface area contributed by atoms with E-state index in [0.717, 1.165) is 35.4 Å². The molecule has 176 valence electrons. The van der Waals surface area contributed by atoms with Gasteiger partial charge in [-0.15, -0.1) is 0 Å². The summed E-state index contributed by atoms with van der Waals surface area (Å²) >= 11 is 0. The van der Waals surface area contributed by atoms with Crippen LogP contribution in [0.2, 0.25) is 0 Å². The second-order valence-corrected chi connectivity index (χ2v) is 8.42. The van der Waals surface area contributed by atoms with Crippen molar-refractivity contribution in [1.29, 1.82) is 0 Å². The van der Waals surface area contributed by atoms with E-state index in [2.05, 4.69) is 4.98 Å². The van der Waals surface area contributed by atoms with E-state index in [0.29, 0.717) is 12.5 Å². The first-order chi connectivity index (χ1) is 16.0. The standard InChI is InChI=1S/C24H16F5NO4/c25-17-7-16(24(27,28)29)13(10-1-2-19(31)18(26)5-10)4-12(17)9-34-20-6-11-3-14-21(15(11)8-30-20)22(14)23(32)33/h1-2,4-8,14,21-22,31H,3,9H2,(H,32,33). The molecule has 1 aromatic heterocycles. The smallest absolute Gasteiger partial charge is 0.417 e. The summed E-state index contributed by atoms with van der Waals surface area (Å²) < 4.78 is 74.4. The number of alkyl halides is 3. The van der Waals surface area contributed by atoms with Gasteiger partial charge in [0.25, 0.3) is 0 Å². The molecule has 5 rings (SSSR count). The minimum atomic E-state index is -4.90. The highest BCUT2D eigenvalue weighted by Crippen LogP contribution is 2.61. The molecule has 0 amide bonds. The van der Waals surface area contributed by atoms with Crippen molar-refractivity contribution in [3.8, 4) is 22.8 Å². The number of ether oxygens (including phenoxy) is 1. The van der Waals surface area contributed by atoms with Crippen molar-refractivity contribution in [2.75, 3.05) is 0 Å². The molecule has 0 spiro atoms. The molecule has 3 aromatic rings. The fourth-order valence-electron chi connectivity index (χ4n) is 4.71. The number of phenolic OH excluding ortho intramolecular Hbond substituents is 1. The number of aliphatic carboxylic acids is 1. The Bertz CT molecular complexity index is 1320. The van der Waals surface area contributed by atoms with Crippen molar-refractivity contribution < 1.29 is 41.7 Å². The number of fused-ring (bicyclic) bond motifs is 3. The van der Waals surface area contributed by atoms with Gasteiger partial charge in [-0.05, 0) is 58.9 Å². The molecular formula is C24H16F5NO4. The van der Waals surface area contributed by atoms with Gasteiger partial charge in [-0.1, -0.05) is 6.07 Å². The van der Waals surface area contributed by atoms with Crippen LogP contribution in [0.4, 0.5) is 22.0 Å². The molecule has 2 aliphatic rings. The summed E-state index contributed by atoms with van der Waals surface area (Å²) in [5.74, 6) is -4.17. The summed E-state index contributed by atoms with van der Waals surface area (Å²) in [6.07, 6.45) is -2.83. The Balaban J connectivity index is 1.41. The van der Waals surface area contributed by atoms with E-state index in [-0.39, 0.29) is 28.8 Å². The fourth-order valence-corrected chi connectivity index (χ4v) is 4.71. The number of carbonyl (C=O) groups is 1. The molecule has 1 saturated carbocycles. The highest BCUT2D eigenvalue weighted by Gasteiger charge is 2.59. The third-order valence-corrected chi connectivity index (χ3v) is 6.39. The molecule has 3 atom stereocenters. The molecule has 2 aromatic carbocycles. The van der Waals surface area contributed by atoms with Crippen molar-refractivity contribution in [1.82, 2.24) is 4.98 Å². The van der Waals surface area contributed by atoms with Crippen LogP contribution in [-0.4, -0.2) is 21.2 Å². The first-order valence-electron chi connectivity index (χ1n) is 10.3. The second kappa shape index (κ2) is 7.68. The van der Waals surface area contributed by atoms with E-state index in [1.165, 1.54) is 6.20 Å². The Labute approximate surface area is 189 Å². The Morgan fingerprint density at radius 3 is 2.56 bits per heavy atom. The number of hydrogen-bond acceptors (Lipinski definition) is 4. The zero-order valence-corrected chi connectivity index (χ0v) is 17.2. The summed E-state index contributed by atoms with van der Waals surface area (Å²) in [5, 5.41) is 18.5. The van der Waals surface area contributed by atoms with Crippen LogP contribution in [0.25, 0.3) is 11.1 Å². The fraction of sp³-hybridized carbons (Fsp3) is 0.250. The Hall–Kier alpha value is -3.69. The number of nitrogens with zero attached hydrogens (tertiary/aromatic N) is 1. The van der Waals surface area contributed by atoms with E-state index >= 15 is 0 Å². The van der Waals surface area contributed by atoms with Crippen molar-refractivity contribution in [3.05, 3.63) is 76.5 Å². The minimum absolute atomic E-state index is 0.0187. The number of aromatic hydroxyl groups is 1. The Kier molecular flexibility index (Phi) is 5.00. The summed E-state index contributed by atoms with van der Waals surface area (Å²) in [5.41, 5.74) is -0.429. The SMILES string of the molecule is O=C(O)C1C2Cc3cc(OCc4cc(-c5ccc(O)c(F)c5)c(C(F)(F)F)cc4F)ncc3C21. The van der Waals surface area contributed by atoms with Crippen LogP contribution in [-0.2, 0) is 24.0 Å². The largest absolute Gasteiger partial charge is 0.505 e. The van der Waals surface area contributed by atoms with Crippen LogP contribution in [0.3, 0.4) is 0 Å². The highest BCUT2D eigenvalue weighted by atomic mass is 19.4. The van der Waals surface area contributed by atoms with Gasteiger partial charge >= 0.3 is 12.1 Å². The van der Waals surface area contributed by atoms with Crippen LogP contribution in [0.1, 0.15) is 28.2 Å². The van der Waals surface area contributed by atoms with E-state index in [4.69, 9.17) is 4.74 Å². The van der Waals surface area contributed by atoms with Crippen LogP contribution >= 0.6 is 0 Å². The number of halogens is 5. The van der Waals surface area contributed by atoms with Crippen LogP contribution in [0, 0.1) is 23.5 Å². The number of phenols is 1. The summed E-state index contributed by atoms with van der Waals surface area (Å²) in [4.78, 5) is 15.3. The third-order valence-electron chi connectivity index (χ3n) is 6.39. The minimum Gasteiger partial charge on any atom is -0.505 e. The summed E-state index contributed by atoms with van der Waals surface area (Å²) in [7, 11) is 0. The Morgan fingerprint density at radius 2 is 1.88 bits per heavy atom. The van der Waals surface area contributed by atoms with E-state index in [9.17, 15) is 37.0 Å². The second-order valence-electron chi connectivity index (χ2n) is 8.42. The number of benzene rings is 2. The lowest BCUT2D eigenvalue weighted by Gasteiger charge is -2.16. The monoisotopic (exact) mass is 477 g/mol. The zero-order chi connectivity index (χ0) is 24.4. The van der Waals surface area contributed by atoms with Gasteiger partial charge < -0.3 is 14.9 Å². The van der Waals surface area contributed by atoms with Crippen LogP contribution in [0.5, 0.6) is 11.6 Å². The number of aromatic nitrogens is 1. The predicted molar refractivity (Wildman–Crippen MR) is 108 cm³/mol. The molecule has 1 fully saturated rings. The molecule has 2 aliphatic carbocycles. The van der Waals surface area contributed by atoms with E-state index in [1.54, 1.807) is 6.07 Å². The average molecular weight is 477 g/mol. The van der Waals surface area contributed by atoms with Crippen molar-refractivity contribution in [2.45, 2.75) is 25.1 Å². The van der Waals surface area contributed by atoms with Gasteiger partial charge in [0.15, 0.2) is 11.6 Å². The van der Waals surface area contributed by atoms with Crippen LogP contribution in [0.15, 0.2) is 42.6 Å². The molecular weight excluding hydrogens is 461 g/mol. The van der Waals surface area contributed by atoms with Gasteiger partial charge in [-0.25, -0.2) is 13.8 Å². The molecule has 34 heavy (non-hydrogen) atoms. The average Bonchev–Trinajstić information content (AvgIpc) is 3.36. The first kappa shape index (κ1) is 22.1. The number of pyridine rings is 1. The first-order valence-corrected chi connectivity index (χ1v) is 10.3. The van der Waals surface area contributed by atoms with Crippen molar-refractivity contribution >= 4 is 5.97 Å².